The third-order valence-corrected chi connectivity index (χ3v) is 6.82. The molecule has 0 aliphatic heterocycles. The molecule has 5 aromatic rings. The summed E-state index contributed by atoms with van der Waals surface area (Å²) in [6, 6.07) is 15.7. The van der Waals surface area contributed by atoms with Gasteiger partial charge >= 0.3 is 11.7 Å². The molecule has 8 heteroatoms. The molecule has 2 atom stereocenters. The summed E-state index contributed by atoms with van der Waals surface area (Å²) in [4.78, 5) is 34.0. The summed E-state index contributed by atoms with van der Waals surface area (Å²) in [5.74, 6) is -1.02. The summed E-state index contributed by atoms with van der Waals surface area (Å²) in [5, 5.41) is 11.3. The fourth-order valence-corrected chi connectivity index (χ4v) is 5.17. The number of nitrogens with one attached hydrogen (secondary N) is 1. The zero-order valence-corrected chi connectivity index (χ0v) is 20.4. The standard InChI is InChI=1S/C27H25ClN4O3/c1-15-6-4-9-21-25(15)20(14-29-21)17(3)31-22-11-10-16(2)30-26(22)32(27(31)35)23(13-24(33)34)18-7-5-8-19(28)12-18/h4-12,14,17,23,29H,13H2,1-3H3,(H,33,34)/t17?,23-/m1/s1. The van der Waals surface area contributed by atoms with Crippen LogP contribution in [0, 0.1) is 13.8 Å². The van der Waals surface area contributed by atoms with Gasteiger partial charge in [-0.2, -0.15) is 0 Å². The van der Waals surface area contributed by atoms with E-state index in [1.807, 2.05) is 57.3 Å². The second-order valence-corrected chi connectivity index (χ2v) is 9.34. The Kier molecular flexibility index (Phi) is 5.73. The number of halogens is 1. The number of pyridine rings is 1. The van der Waals surface area contributed by atoms with Gasteiger partial charge in [-0.05, 0) is 62.2 Å². The maximum absolute atomic E-state index is 14.1. The first-order valence-electron chi connectivity index (χ1n) is 11.4. The molecule has 0 bridgehead atoms. The van der Waals surface area contributed by atoms with E-state index < -0.39 is 12.0 Å². The third-order valence-electron chi connectivity index (χ3n) is 6.59. The molecule has 0 aliphatic rings. The van der Waals surface area contributed by atoms with Crippen molar-refractivity contribution < 1.29 is 9.90 Å². The van der Waals surface area contributed by atoms with E-state index in [2.05, 4.69) is 9.97 Å². The molecule has 0 amide bonds. The molecule has 1 unspecified atom stereocenters. The smallest absolute Gasteiger partial charge is 0.331 e. The number of aliphatic carboxylic acids is 1. The first kappa shape index (κ1) is 22.9. The summed E-state index contributed by atoms with van der Waals surface area (Å²) in [6.07, 6.45) is 1.65. The van der Waals surface area contributed by atoms with Gasteiger partial charge in [0.15, 0.2) is 5.65 Å². The topological polar surface area (TPSA) is 92.9 Å². The van der Waals surface area contributed by atoms with E-state index in [9.17, 15) is 14.7 Å². The first-order chi connectivity index (χ1) is 16.8. The Hall–Kier alpha value is -3.84. The van der Waals surface area contributed by atoms with E-state index in [0.29, 0.717) is 21.7 Å². The first-order valence-corrected chi connectivity index (χ1v) is 11.8. The minimum absolute atomic E-state index is 0.282. The zero-order valence-electron chi connectivity index (χ0n) is 19.6. The lowest BCUT2D eigenvalue weighted by Gasteiger charge is -2.18. The van der Waals surface area contributed by atoms with Gasteiger partial charge in [0, 0.05) is 33.4 Å². The van der Waals surface area contributed by atoms with Crippen molar-refractivity contribution in [2.45, 2.75) is 39.3 Å². The SMILES string of the molecule is Cc1ccc2c(n1)n([C@H](CC(=O)O)c1cccc(Cl)c1)c(=O)n2C(C)c1c[nH]c2cccc(C)c12. The van der Waals surface area contributed by atoms with Crippen molar-refractivity contribution in [2.24, 2.45) is 0 Å². The van der Waals surface area contributed by atoms with Crippen molar-refractivity contribution in [2.75, 3.05) is 0 Å². The Morgan fingerprint density at radius 3 is 2.63 bits per heavy atom. The fraction of sp³-hybridized carbons (Fsp3) is 0.222. The van der Waals surface area contributed by atoms with Crippen molar-refractivity contribution in [1.82, 2.24) is 19.1 Å². The van der Waals surface area contributed by atoms with Crippen LogP contribution in [-0.4, -0.2) is 30.2 Å². The minimum atomic E-state index is -1.02. The lowest BCUT2D eigenvalue weighted by atomic mass is 10.0. The number of carboxylic acids is 1. The predicted octanol–water partition coefficient (Wildman–Crippen LogP) is 5.62. The van der Waals surface area contributed by atoms with Gasteiger partial charge in [-0.3, -0.25) is 13.9 Å². The molecule has 3 heterocycles. The molecule has 0 saturated heterocycles. The van der Waals surface area contributed by atoms with Crippen LogP contribution in [0.1, 0.15) is 47.8 Å². The molecule has 2 aromatic carbocycles. The highest BCUT2D eigenvalue weighted by molar-refractivity contribution is 6.30. The number of carboxylic acid groups (broad SMARTS) is 1. The number of H-pyrrole nitrogens is 1. The number of benzene rings is 2. The number of aromatic amines is 1. The van der Waals surface area contributed by atoms with Crippen LogP contribution in [0.4, 0.5) is 0 Å². The third kappa shape index (κ3) is 3.91. The number of imidazole rings is 1. The Morgan fingerprint density at radius 1 is 1.11 bits per heavy atom. The molecule has 0 radical (unpaired) electrons. The van der Waals surface area contributed by atoms with Crippen molar-refractivity contribution in [3.63, 3.8) is 0 Å². The average molecular weight is 489 g/mol. The maximum Gasteiger partial charge on any atom is 0.331 e. The molecule has 178 valence electrons. The van der Waals surface area contributed by atoms with Crippen molar-refractivity contribution in [3.05, 3.63) is 98.7 Å². The summed E-state index contributed by atoms with van der Waals surface area (Å²) in [6.45, 7) is 5.88. The average Bonchev–Trinajstić information content (AvgIpc) is 3.36. The van der Waals surface area contributed by atoms with Crippen LogP contribution in [-0.2, 0) is 4.79 Å². The largest absolute Gasteiger partial charge is 0.481 e. The Balaban J connectivity index is 1.79. The number of fused-ring (bicyclic) bond motifs is 2. The van der Waals surface area contributed by atoms with E-state index in [1.54, 1.807) is 28.8 Å². The van der Waals surface area contributed by atoms with Crippen LogP contribution in [0.25, 0.3) is 22.1 Å². The normalized spacial score (nSPS) is 13.4. The molecule has 0 fully saturated rings. The second-order valence-electron chi connectivity index (χ2n) is 8.90. The van der Waals surface area contributed by atoms with E-state index in [0.717, 1.165) is 27.7 Å². The van der Waals surface area contributed by atoms with Crippen LogP contribution in [0.2, 0.25) is 5.02 Å². The van der Waals surface area contributed by atoms with E-state index >= 15 is 0 Å². The maximum atomic E-state index is 14.1. The van der Waals surface area contributed by atoms with Gasteiger partial charge in [-0.1, -0.05) is 35.9 Å². The summed E-state index contributed by atoms with van der Waals surface area (Å²) >= 11 is 6.23. The molecule has 0 aliphatic carbocycles. The Labute approximate surface area is 206 Å². The highest BCUT2D eigenvalue weighted by atomic mass is 35.5. The zero-order chi connectivity index (χ0) is 24.9. The number of carbonyl (C=O) groups is 1. The van der Waals surface area contributed by atoms with E-state index in [-0.39, 0.29) is 18.2 Å². The quantitative estimate of drug-likeness (QED) is 0.324. The van der Waals surface area contributed by atoms with Crippen LogP contribution >= 0.6 is 11.6 Å². The predicted molar refractivity (Wildman–Crippen MR) is 137 cm³/mol. The molecule has 0 saturated carbocycles. The molecule has 35 heavy (non-hydrogen) atoms. The molecule has 5 rings (SSSR count). The van der Waals surface area contributed by atoms with Crippen LogP contribution in [0.15, 0.2) is 65.6 Å². The summed E-state index contributed by atoms with van der Waals surface area (Å²) in [5.41, 5.74) is 5.24. The molecule has 2 N–H and O–H groups in total. The van der Waals surface area contributed by atoms with Crippen molar-refractivity contribution in [3.8, 4) is 0 Å². The molecular weight excluding hydrogens is 464 g/mol. The number of nitrogens with zero attached hydrogens (tertiary/aromatic N) is 3. The number of aromatic nitrogens is 4. The molecular formula is C27H25ClN4O3. The summed E-state index contributed by atoms with van der Waals surface area (Å²) < 4.78 is 3.20. The van der Waals surface area contributed by atoms with E-state index in [1.165, 1.54) is 4.57 Å². The monoisotopic (exact) mass is 488 g/mol. The number of hydrogen-bond donors (Lipinski definition) is 2. The van der Waals surface area contributed by atoms with Gasteiger partial charge in [0.1, 0.15) is 0 Å². The lowest BCUT2D eigenvalue weighted by molar-refractivity contribution is -0.137. The fourth-order valence-electron chi connectivity index (χ4n) is 4.97. The van der Waals surface area contributed by atoms with Gasteiger partial charge in [-0.15, -0.1) is 0 Å². The molecule has 0 spiro atoms. The highest BCUT2D eigenvalue weighted by Gasteiger charge is 2.28. The van der Waals surface area contributed by atoms with Gasteiger partial charge < -0.3 is 10.1 Å². The number of aryl methyl sites for hydroxylation is 2. The van der Waals surface area contributed by atoms with E-state index in [4.69, 9.17) is 11.6 Å². The van der Waals surface area contributed by atoms with Gasteiger partial charge in [0.05, 0.1) is 24.0 Å². The highest BCUT2D eigenvalue weighted by Crippen LogP contribution is 2.32. The van der Waals surface area contributed by atoms with Crippen LogP contribution < -0.4 is 5.69 Å². The van der Waals surface area contributed by atoms with Crippen LogP contribution in [0.3, 0.4) is 0 Å². The molecule has 7 nitrogen and oxygen atoms in total. The minimum Gasteiger partial charge on any atom is -0.481 e. The molecule has 3 aromatic heterocycles. The number of hydrogen-bond acceptors (Lipinski definition) is 3. The van der Waals surface area contributed by atoms with Gasteiger partial charge in [0.2, 0.25) is 0 Å². The van der Waals surface area contributed by atoms with Gasteiger partial charge in [0.25, 0.3) is 0 Å². The summed E-state index contributed by atoms with van der Waals surface area (Å²) in [7, 11) is 0. The number of rotatable bonds is 6. The van der Waals surface area contributed by atoms with Crippen molar-refractivity contribution >= 4 is 39.6 Å². The second kappa shape index (κ2) is 8.74. The van der Waals surface area contributed by atoms with Gasteiger partial charge in [-0.25, -0.2) is 9.78 Å². The Morgan fingerprint density at radius 2 is 1.89 bits per heavy atom. The lowest BCUT2D eigenvalue weighted by Crippen LogP contribution is -2.31. The van der Waals surface area contributed by atoms with Crippen molar-refractivity contribution in [1.29, 1.82) is 0 Å². The van der Waals surface area contributed by atoms with Crippen LogP contribution in [0.5, 0.6) is 0 Å². The Bertz CT molecular complexity index is 1650.